The van der Waals surface area contributed by atoms with Gasteiger partial charge in [0.25, 0.3) is 0 Å². The first-order chi connectivity index (χ1) is 15.2. The topological polar surface area (TPSA) is 41.5 Å². The molecular formula is C23H27ClN4OS2. The number of piperazine rings is 1. The molecule has 0 unspecified atom stereocenters. The van der Waals surface area contributed by atoms with Crippen LogP contribution in [0.5, 0.6) is 0 Å². The number of halogens is 1. The SMILES string of the molecule is COCCN1CCN(c2nc(CSc3ccc(Cl)cc3)nc3sc4c(c23)CCC4)CC1. The number of aromatic nitrogens is 2. The van der Waals surface area contributed by atoms with Gasteiger partial charge in [0.05, 0.1) is 17.7 Å². The summed E-state index contributed by atoms with van der Waals surface area (Å²) < 4.78 is 5.26. The number of anilines is 1. The molecule has 1 aliphatic carbocycles. The van der Waals surface area contributed by atoms with Crippen LogP contribution in [-0.4, -0.2) is 61.3 Å². The molecule has 1 aliphatic heterocycles. The molecule has 31 heavy (non-hydrogen) atoms. The maximum absolute atomic E-state index is 6.03. The van der Waals surface area contributed by atoms with E-state index in [9.17, 15) is 0 Å². The molecule has 1 saturated heterocycles. The van der Waals surface area contributed by atoms with Crippen molar-refractivity contribution in [2.45, 2.75) is 29.9 Å². The van der Waals surface area contributed by atoms with Crippen molar-refractivity contribution in [3.8, 4) is 0 Å². The molecule has 1 fully saturated rings. The van der Waals surface area contributed by atoms with E-state index in [1.165, 1.54) is 44.8 Å². The molecule has 1 aromatic carbocycles. The molecule has 0 atom stereocenters. The lowest BCUT2D eigenvalue weighted by Crippen LogP contribution is -2.47. The number of hydrogen-bond acceptors (Lipinski definition) is 7. The summed E-state index contributed by atoms with van der Waals surface area (Å²) >= 11 is 9.68. The molecular weight excluding hydrogens is 448 g/mol. The van der Waals surface area contributed by atoms with Crippen LogP contribution in [0, 0.1) is 0 Å². The summed E-state index contributed by atoms with van der Waals surface area (Å²) in [6, 6.07) is 8.00. The summed E-state index contributed by atoms with van der Waals surface area (Å²) in [5, 5.41) is 2.09. The van der Waals surface area contributed by atoms with E-state index in [0.717, 1.165) is 61.7 Å². The molecule has 0 saturated carbocycles. The van der Waals surface area contributed by atoms with Gasteiger partial charge in [-0.1, -0.05) is 11.6 Å². The van der Waals surface area contributed by atoms with Gasteiger partial charge in [-0.05, 0) is 49.1 Å². The Labute approximate surface area is 196 Å². The van der Waals surface area contributed by atoms with Crippen LogP contribution in [0.1, 0.15) is 22.7 Å². The van der Waals surface area contributed by atoms with Gasteiger partial charge in [-0.15, -0.1) is 23.1 Å². The standard InChI is InChI=1S/C23H27ClN4OS2/c1-29-14-13-27-9-11-28(12-10-27)22-21-18-3-2-4-19(18)31-23(21)26-20(25-22)15-30-17-7-5-16(24)6-8-17/h5-8H,2-4,9-15H2,1H3. The first-order valence-corrected chi connectivity index (χ1v) is 13.0. The lowest BCUT2D eigenvalue weighted by atomic mass is 10.1. The number of ether oxygens (including phenoxy) is 1. The highest BCUT2D eigenvalue weighted by molar-refractivity contribution is 7.98. The molecule has 0 spiro atoms. The number of methoxy groups -OCH3 is 1. The molecule has 0 radical (unpaired) electrons. The van der Waals surface area contributed by atoms with Crippen LogP contribution < -0.4 is 4.90 Å². The van der Waals surface area contributed by atoms with Crippen molar-refractivity contribution in [2.75, 3.05) is 51.3 Å². The van der Waals surface area contributed by atoms with Crippen LogP contribution in [0.4, 0.5) is 5.82 Å². The summed E-state index contributed by atoms with van der Waals surface area (Å²) in [5.41, 5.74) is 1.51. The minimum Gasteiger partial charge on any atom is -0.383 e. The normalized spacial score (nSPS) is 16.9. The Bertz CT molecular complexity index is 1050. The predicted octanol–water partition coefficient (Wildman–Crippen LogP) is 4.89. The lowest BCUT2D eigenvalue weighted by Gasteiger charge is -2.35. The third-order valence-corrected chi connectivity index (χ3v) is 8.50. The zero-order valence-corrected chi connectivity index (χ0v) is 20.2. The second kappa shape index (κ2) is 9.63. The minimum absolute atomic E-state index is 0.765. The minimum atomic E-state index is 0.765. The predicted molar refractivity (Wildman–Crippen MR) is 131 cm³/mol. The van der Waals surface area contributed by atoms with E-state index in [1.54, 1.807) is 18.9 Å². The molecule has 3 aromatic rings. The van der Waals surface area contributed by atoms with Crippen LogP contribution in [0.15, 0.2) is 29.2 Å². The number of thioether (sulfide) groups is 1. The molecule has 5 rings (SSSR count). The van der Waals surface area contributed by atoms with Gasteiger partial charge in [-0.3, -0.25) is 4.90 Å². The number of nitrogens with zero attached hydrogens (tertiary/aromatic N) is 4. The zero-order valence-electron chi connectivity index (χ0n) is 17.8. The molecule has 0 bridgehead atoms. The third-order valence-electron chi connectivity index (χ3n) is 6.06. The summed E-state index contributed by atoms with van der Waals surface area (Å²) in [6.45, 7) is 5.91. The highest BCUT2D eigenvalue weighted by atomic mass is 35.5. The van der Waals surface area contributed by atoms with Gasteiger partial charge >= 0.3 is 0 Å². The van der Waals surface area contributed by atoms with Crippen molar-refractivity contribution < 1.29 is 4.74 Å². The van der Waals surface area contributed by atoms with Crippen molar-refractivity contribution in [3.63, 3.8) is 0 Å². The van der Waals surface area contributed by atoms with Gasteiger partial charge in [0.1, 0.15) is 16.5 Å². The Morgan fingerprint density at radius 3 is 2.68 bits per heavy atom. The van der Waals surface area contributed by atoms with Crippen molar-refractivity contribution in [3.05, 3.63) is 45.6 Å². The van der Waals surface area contributed by atoms with Crippen LogP contribution >= 0.6 is 34.7 Å². The lowest BCUT2D eigenvalue weighted by molar-refractivity contribution is 0.144. The molecule has 0 amide bonds. The summed E-state index contributed by atoms with van der Waals surface area (Å²) in [6.07, 6.45) is 3.61. The fourth-order valence-electron chi connectivity index (χ4n) is 4.40. The van der Waals surface area contributed by atoms with Gasteiger partial charge in [0, 0.05) is 54.6 Å². The Kier molecular flexibility index (Phi) is 6.67. The highest BCUT2D eigenvalue weighted by Crippen LogP contribution is 2.41. The van der Waals surface area contributed by atoms with Crippen molar-refractivity contribution in [1.82, 2.24) is 14.9 Å². The number of thiophene rings is 1. The summed E-state index contributed by atoms with van der Waals surface area (Å²) in [7, 11) is 1.77. The van der Waals surface area contributed by atoms with E-state index in [-0.39, 0.29) is 0 Å². The van der Waals surface area contributed by atoms with Crippen molar-refractivity contribution in [2.24, 2.45) is 0 Å². The van der Waals surface area contributed by atoms with E-state index in [1.807, 2.05) is 23.5 Å². The Balaban J connectivity index is 1.41. The van der Waals surface area contributed by atoms with Gasteiger partial charge in [0.2, 0.25) is 0 Å². The smallest absolute Gasteiger partial charge is 0.142 e. The molecule has 8 heteroatoms. The van der Waals surface area contributed by atoms with Crippen LogP contribution in [-0.2, 0) is 23.3 Å². The van der Waals surface area contributed by atoms with E-state index in [4.69, 9.17) is 26.3 Å². The Hall–Kier alpha value is -1.38. The Morgan fingerprint density at radius 2 is 1.90 bits per heavy atom. The molecule has 164 valence electrons. The Morgan fingerprint density at radius 1 is 1.10 bits per heavy atom. The fourth-order valence-corrected chi connectivity index (χ4v) is 6.55. The first-order valence-electron chi connectivity index (χ1n) is 10.9. The van der Waals surface area contributed by atoms with Crippen molar-refractivity contribution >= 4 is 50.7 Å². The molecule has 0 N–H and O–H groups in total. The van der Waals surface area contributed by atoms with E-state index in [0.29, 0.717) is 0 Å². The number of fused-ring (bicyclic) bond motifs is 3. The molecule has 3 heterocycles. The average molecular weight is 475 g/mol. The maximum Gasteiger partial charge on any atom is 0.142 e. The number of rotatable bonds is 7. The number of hydrogen-bond donors (Lipinski definition) is 0. The molecule has 2 aromatic heterocycles. The number of benzene rings is 1. The van der Waals surface area contributed by atoms with Crippen LogP contribution in [0.2, 0.25) is 5.02 Å². The van der Waals surface area contributed by atoms with Crippen LogP contribution in [0.3, 0.4) is 0 Å². The second-order valence-electron chi connectivity index (χ2n) is 8.07. The monoisotopic (exact) mass is 474 g/mol. The van der Waals surface area contributed by atoms with E-state index < -0.39 is 0 Å². The van der Waals surface area contributed by atoms with Gasteiger partial charge < -0.3 is 9.64 Å². The summed E-state index contributed by atoms with van der Waals surface area (Å²) in [4.78, 5) is 19.0. The van der Waals surface area contributed by atoms with Gasteiger partial charge in [0.15, 0.2) is 0 Å². The molecule has 5 nitrogen and oxygen atoms in total. The summed E-state index contributed by atoms with van der Waals surface area (Å²) in [5.74, 6) is 2.84. The molecule has 2 aliphatic rings. The second-order valence-corrected chi connectivity index (χ2v) is 10.6. The third kappa shape index (κ3) is 4.71. The van der Waals surface area contributed by atoms with E-state index >= 15 is 0 Å². The van der Waals surface area contributed by atoms with Gasteiger partial charge in [-0.25, -0.2) is 9.97 Å². The highest BCUT2D eigenvalue weighted by Gasteiger charge is 2.26. The largest absolute Gasteiger partial charge is 0.383 e. The number of aryl methyl sites for hydroxylation is 2. The first kappa shape index (κ1) is 21.5. The van der Waals surface area contributed by atoms with Crippen molar-refractivity contribution in [1.29, 1.82) is 0 Å². The van der Waals surface area contributed by atoms with Gasteiger partial charge in [-0.2, -0.15) is 0 Å². The maximum atomic E-state index is 6.03. The fraction of sp³-hybridized carbons (Fsp3) is 0.478. The van der Waals surface area contributed by atoms with E-state index in [2.05, 4.69) is 21.9 Å². The quantitative estimate of drug-likeness (QED) is 0.454. The zero-order chi connectivity index (χ0) is 21.2. The average Bonchev–Trinajstić information content (AvgIpc) is 3.38. The van der Waals surface area contributed by atoms with Crippen LogP contribution in [0.25, 0.3) is 10.2 Å².